The molecule has 0 radical (unpaired) electrons. The van der Waals surface area contributed by atoms with Crippen LogP contribution < -0.4 is 0 Å². The lowest BCUT2D eigenvalue weighted by Gasteiger charge is -2.30. The number of hydrogen-bond acceptors (Lipinski definition) is 5. The zero-order chi connectivity index (χ0) is 10.4. The first-order valence-electron chi connectivity index (χ1n) is 4.67. The summed E-state index contributed by atoms with van der Waals surface area (Å²) in [4.78, 5) is 0. The topological polar surface area (TPSA) is 57.2 Å². The predicted octanol–water partition coefficient (Wildman–Crippen LogP) is -0.128. The van der Waals surface area contributed by atoms with Gasteiger partial charge in [-0.25, -0.2) is 0 Å². The summed E-state index contributed by atoms with van der Waals surface area (Å²) >= 11 is 0. The molecule has 0 bridgehead atoms. The van der Waals surface area contributed by atoms with E-state index in [0.717, 1.165) is 0 Å². The second-order valence-corrected chi connectivity index (χ2v) is 4.12. The van der Waals surface area contributed by atoms with Crippen LogP contribution in [0.2, 0.25) is 0 Å². The van der Waals surface area contributed by atoms with E-state index in [1.54, 1.807) is 0 Å². The van der Waals surface area contributed by atoms with Crippen LogP contribution in [0, 0.1) is 0 Å². The molecule has 0 saturated carbocycles. The molecule has 2 heterocycles. The Hall–Kier alpha value is -0.200. The van der Waals surface area contributed by atoms with Gasteiger partial charge in [-0.2, -0.15) is 0 Å². The second kappa shape index (κ2) is 3.15. The summed E-state index contributed by atoms with van der Waals surface area (Å²) in [6.45, 7) is 3.85. The Morgan fingerprint density at radius 2 is 2.21 bits per heavy atom. The molecule has 0 aliphatic carbocycles. The van der Waals surface area contributed by atoms with E-state index in [2.05, 4.69) is 0 Å². The maximum atomic E-state index is 9.40. The minimum atomic E-state index is -0.863. The Labute approximate surface area is 82.9 Å². The summed E-state index contributed by atoms with van der Waals surface area (Å²) in [6, 6.07) is 0. The zero-order valence-corrected chi connectivity index (χ0v) is 8.65. The maximum absolute atomic E-state index is 9.40. The Bertz CT molecular complexity index is 229. The molecule has 2 fully saturated rings. The van der Waals surface area contributed by atoms with Gasteiger partial charge >= 0.3 is 0 Å². The van der Waals surface area contributed by atoms with Crippen molar-refractivity contribution < 1.29 is 24.1 Å². The molecule has 2 aliphatic heterocycles. The molecule has 5 nitrogen and oxygen atoms in total. The van der Waals surface area contributed by atoms with Crippen LogP contribution in [0.1, 0.15) is 13.8 Å². The van der Waals surface area contributed by atoms with Crippen molar-refractivity contribution in [2.24, 2.45) is 0 Å². The Morgan fingerprint density at radius 3 is 2.79 bits per heavy atom. The first-order chi connectivity index (χ1) is 6.54. The van der Waals surface area contributed by atoms with E-state index >= 15 is 0 Å². The minimum absolute atomic E-state index is 0.167. The molecular formula is C9H16O5. The highest BCUT2D eigenvalue weighted by Gasteiger charge is 2.62. The number of rotatable bonds is 2. The van der Waals surface area contributed by atoms with Crippen molar-refractivity contribution in [2.75, 3.05) is 20.3 Å². The first-order valence-corrected chi connectivity index (χ1v) is 4.67. The molecule has 0 spiro atoms. The number of aliphatic hydroxyl groups is 1. The third-order valence-electron chi connectivity index (χ3n) is 2.67. The van der Waals surface area contributed by atoms with E-state index in [9.17, 15) is 5.11 Å². The monoisotopic (exact) mass is 204 g/mol. The standard InChI is InChI=1S/C9H16O5/c1-8(2)13-6-4-12-7(11-3)9(6,5-10)14-8/h6-7,10H,4-5H2,1-3H3/t6-,7-,9-/m1/s1. The molecule has 2 aliphatic rings. The van der Waals surface area contributed by atoms with E-state index in [1.165, 1.54) is 7.11 Å². The number of fused-ring (bicyclic) bond motifs is 1. The Morgan fingerprint density at radius 1 is 1.50 bits per heavy atom. The van der Waals surface area contributed by atoms with Gasteiger partial charge in [-0.1, -0.05) is 0 Å². The van der Waals surface area contributed by atoms with Crippen molar-refractivity contribution in [1.29, 1.82) is 0 Å². The van der Waals surface area contributed by atoms with Crippen molar-refractivity contribution in [3.05, 3.63) is 0 Å². The van der Waals surface area contributed by atoms with Crippen LogP contribution in [-0.4, -0.2) is 49.2 Å². The van der Waals surface area contributed by atoms with E-state index in [0.29, 0.717) is 6.61 Å². The number of ether oxygens (including phenoxy) is 4. The molecule has 5 heteroatoms. The largest absolute Gasteiger partial charge is 0.393 e. The summed E-state index contributed by atoms with van der Waals surface area (Å²) in [5.74, 6) is -0.687. The maximum Gasteiger partial charge on any atom is 0.191 e. The lowest BCUT2D eigenvalue weighted by atomic mass is 10.0. The fourth-order valence-corrected chi connectivity index (χ4v) is 2.16. The third kappa shape index (κ3) is 1.28. The fraction of sp³-hybridized carbons (Fsp3) is 1.00. The van der Waals surface area contributed by atoms with Crippen LogP contribution in [0.4, 0.5) is 0 Å². The van der Waals surface area contributed by atoms with Crippen LogP contribution in [-0.2, 0) is 18.9 Å². The summed E-state index contributed by atoms with van der Waals surface area (Å²) < 4.78 is 21.8. The third-order valence-corrected chi connectivity index (χ3v) is 2.67. The number of aliphatic hydroxyl groups excluding tert-OH is 1. The predicted molar refractivity (Wildman–Crippen MR) is 46.6 cm³/mol. The van der Waals surface area contributed by atoms with Gasteiger partial charge in [-0.15, -0.1) is 0 Å². The van der Waals surface area contributed by atoms with E-state index < -0.39 is 17.7 Å². The lowest BCUT2D eigenvalue weighted by molar-refractivity contribution is -0.250. The molecule has 0 unspecified atom stereocenters. The van der Waals surface area contributed by atoms with Crippen molar-refractivity contribution in [3.8, 4) is 0 Å². The van der Waals surface area contributed by atoms with E-state index in [4.69, 9.17) is 18.9 Å². The van der Waals surface area contributed by atoms with Crippen molar-refractivity contribution in [2.45, 2.75) is 37.6 Å². The molecule has 0 aromatic carbocycles. The number of hydrogen-bond donors (Lipinski definition) is 1. The number of methoxy groups -OCH3 is 1. The quantitative estimate of drug-likeness (QED) is 0.679. The van der Waals surface area contributed by atoms with Gasteiger partial charge in [-0.05, 0) is 13.8 Å². The van der Waals surface area contributed by atoms with Gasteiger partial charge in [0.2, 0.25) is 0 Å². The smallest absolute Gasteiger partial charge is 0.191 e. The Kier molecular flexibility index (Phi) is 2.32. The highest BCUT2D eigenvalue weighted by Crippen LogP contribution is 2.43. The molecule has 2 saturated heterocycles. The van der Waals surface area contributed by atoms with Gasteiger partial charge in [0.25, 0.3) is 0 Å². The average molecular weight is 204 g/mol. The van der Waals surface area contributed by atoms with Crippen molar-refractivity contribution >= 4 is 0 Å². The average Bonchev–Trinajstić information content (AvgIpc) is 2.55. The SMILES string of the molecule is CO[C@@H]1OC[C@H]2OC(C)(C)O[C@@]12CO. The molecule has 82 valence electrons. The van der Waals surface area contributed by atoms with Crippen molar-refractivity contribution in [1.82, 2.24) is 0 Å². The molecule has 0 amide bonds. The second-order valence-electron chi connectivity index (χ2n) is 4.12. The molecule has 3 atom stereocenters. The van der Waals surface area contributed by atoms with Crippen LogP contribution in [0.25, 0.3) is 0 Å². The van der Waals surface area contributed by atoms with Gasteiger partial charge in [-0.3, -0.25) is 0 Å². The minimum Gasteiger partial charge on any atom is -0.393 e. The molecule has 0 aromatic heterocycles. The van der Waals surface area contributed by atoms with Gasteiger partial charge < -0.3 is 24.1 Å². The first kappa shape index (κ1) is 10.3. The molecule has 0 aromatic rings. The lowest BCUT2D eigenvalue weighted by Crippen LogP contribution is -2.50. The normalized spacial score (nSPS) is 45.4. The van der Waals surface area contributed by atoms with Gasteiger partial charge in [0.05, 0.1) is 13.2 Å². The highest BCUT2D eigenvalue weighted by molar-refractivity contribution is 5.02. The summed E-state index contributed by atoms with van der Waals surface area (Å²) in [6.07, 6.45) is -0.813. The van der Waals surface area contributed by atoms with Crippen LogP contribution >= 0.6 is 0 Å². The molecular weight excluding hydrogens is 188 g/mol. The molecule has 2 rings (SSSR count). The summed E-state index contributed by atoms with van der Waals surface area (Å²) in [7, 11) is 1.53. The summed E-state index contributed by atoms with van der Waals surface area (Å²) in [5.41, 5.74) is -0.863. The van der Waals surface area contributed by atoms with Crippen LogP contribution in [0.3, 0.4) is 0 Å². The van der Waals surface area contributed by atoms with Gasteiger partial charge in [0, 0.05) is 7.11 Å². The van der Waals surface area contributed by atoms with Crippen LogP contribution in [0.15, 0.2) is 0 Å². The Balaban J connectivity index is 2.25. The summed E-state index contributed by atoms with van der Waals surface area (Å²) in [5, 5.41) is 9.40. The molecule has 1 N–H and O–H groups in total. The fourth-order valence-electron chi connectivity index (χ4n) is 2.16. The van der Waals surface area contributed by atoms with Gasteiger partial charge in [0.1, 0.15) is 6.10 Å². The van der Waals surface area contributed by atoms with E-state index in [-0.39, 0.29) is 12.7 Å². The molecule has 14 heavy (non-hydrogen) atoms. The van der Waals surface area contributed by atoms with Crippen LogP contribution in [0.5, 0.6) is 0 Å². The van der Waals surface area contributed by atoms with Gasteiger partial charge in [0.15, 0.2) is 17.7 Å². The van der Waals surface area contributed by atoms with E-state index in [1.807, 2.05) is 13.8 Å². The highest BCUT2D eigenvalue weighted by atomic mass is 16.8. The van der Waals surface area contributed by atoms with Crippen molar-refractivity contribution in [3.63, 3.8) is 0 Å². The zero-order valence-electron chi connectivity index (χ0n) is 8.65.